The van der Waals surface area contributed by atoms with Crippen LogP contribution in [-0.2, 0) is 19.1 Å². The molecule has 146 valence electrons. The van der Waals surface area contributed by atoms with Crippen LogP contribution in [-0.4, -0.2) is 70.4 Å². The number of rotatable bonds is 10. The van der Waals surface area contributed by atoms with Crippen molar-refractivity contribution in [3.63, 3.8) is 0 Å². The Balaban J connectivity index is 6.73. The summed E-state index contributed by atoms with van der Waals surface area (Å²) >= 11 is 0. The van der Waals surface area contributed by atoms with Crippen LogP contribution in [0.5, 0.6) is 0 Å². The van der Waals surface area contributed by atoms with Gasteiger partial charge in [-0.25, -0.2) is 14.4 Å². The van der Waals surface area contributed by atoms with Crippen molar-refractivity contribution in [2.75, 3.05) is 26.9 Å². The van der Waals surface area contributed by atoms with Crippen molar-refractivity contribution >= 4 is 17.9 Å². The van der Waals surface area contributed by atoms with Crippen LogP contribution in [0.3, 0.4) is 0 Å². The molecule has 9 heteroatoms. The van der Waals surface area contributed by atoms with E-state index in [1.54, 1.807) is 0 Å². The number of carboxylic acid groups (broad SMARTS) is 2. The first-order valence-electron chi connectivity index (χ1n) is 7.56. The molecule has 0 unspecified atom stereocenters. The largest absolute Gasteiger partial charge is 0.478 e. The van der Waals surface area contributed by atoms with E-state index in [1.807, 2.05) is 0 Å². The third kappa shape index (κ3) is 6.43. The van der Waals surface area contributed by atoms with Crippen molar-refractivity contribution in [1.29, 1.82) is 0 Å². The number of carbonyl (C=O) groups excluding carboxylic acids is 1. The Morgan fingerprint density at radius 2 is 1.35 bits per heavy atom. The van der Waals surface area contributed by atoms with Gasteiger partial charge in [-0.05, 0) is 13.8 Å². The van der Waals surface area contributed by atoms with Gasteiger partial charge in [0.25, 0.3) is 0 Å². The number of aliphatic hydroxyl groups is 3. The highest BCUT2D eigenvalue weighted by Gasteiger charge is 2.30. The molecule has 0 amide bonds. The zero-order valence-corrected chi connectivity index (χ0v) is 14.8. The van der Waals surface area contributed by atoms with Crippen molar-refractivity contribution in [3.05, 3.63) is 34.9 Å². The van der Waals surface area contributed by atoms with E-state index in [2.05, 4.69) is 4.74 Å². The summed E-state index contributed by atoms with van der Waals surface area (Å²) in [5.41, 5.74) is -2.33. The lowest BCUT2D eigenvalue weighted by Gasteiger charge is -2.25. The number of aliphatic carboxylic acids is 2. The fraction of sp³-hybridized carbons (Fsp3) is 0.471. The number of esters is 1. The van der Waals surface area contributed by atoms with E-state index < -0.39 is 49.1 Å². The predicted octanol–water partition coefficient (Wildman–Crippen LogP) is -0.273. The number of hydrogen-bond acceptors (Lipinski definition) is 7. The topological polar surface area (TPSA) is 162 Å². The molecule has 0 aromatic heterocycles. The highest BCUT2D eigenvalue weighted by Crippen LogP contribution is 2.30. The molecule has 0 saturated carbocycles. The fourth-order valence-corrected chi connectivity index (χ4v) is 2.20. The van der Waals surface area contributed by atoms with Crippen LogP contribution in [0.4, 0.5) is 0 Å². The molecule has 0 radical (unpaired) electrons. The molecule has 0 saturated heterocycles. The summed E-state index contributed by atoms with van der Waals surface area (Å²) in [6, 6.07) is 0. The van der Waals surface area contributed by atoms with Crippen molar-refractivity contribution < 1.29 is 44.7 Å². The third-order valence-corrected chi connectivity index (χ3v) is 3.64. The van der Waals surface area contributed by atoms with E-state index in [0.717, 1.165) is 25.3 Å². The second-order valence-electron chi connectivity index (χ2n) is 5.69. The molecular weight excluding hydrogens is 348 g/mol. The third-order valence-electron chi connectivity index (χ3n) is 3.64. The number of ether oxygens (including phenoxy) is 1. The van der Waals surface area contributed by atoms with Crippen molar-refractivity contribution in [3.8, 4) is 0 Å². The summed E-state index contributed by atoms with van der Waals surface area (Å²) in [5.74, 6) is -4.60. The minimum absolute atomic E-state index is 0.210. The Kier molecular flexibility index (Phi) is 9.49. The number of methoxy groups -OCH3 is 1. The van der Waals surface area contributed by atoms with E-state index in [9.17, 15) is 29.7 Å². The van der Waals surface area contributed by atoms with Gasteiger partial charge in [-0.2, -0.15) is 0 Å². The average Bonchev–Trinajstić information content (AvgIpc) is 2.60. The molecule has 0 spiro atoms. The Hall–Kier alpha value is -2.49. The molecule has 0 aromatic carbocycles. The fourth-order valence-electron chi connectivity index (χ4n) is 2.20. The molecular formula is C17H24O9. The van der Waals surface area contributed by atoms with Gasteiger partial charge in [0.15, 0.2) is 0 Å². The smallest absolute Gasteiger partial charge is 0.333 e. The quantitative estimate of drug-likeness (QED) is 0.257. The summed E-state index contributed by atoms with van der Waals surface area (Å²) in [5, 5.41) is 46.8. The first-order chi connectivity index (χ1) is 12.1. The average molecular weight is 372 g/mol. The SMILES string of the molecule is COC(=O)C(=CC(C=C(C)C(=O)O)(C=C(C)C(=O)O)CO)C(CO)CO. The molecule has 0 heterocycles. The summed E-state index contributed by atoms with van der Waals surface area (Å²) < 4.78 is 4.61. The van der Waals surface area contributed by atoms with Gasteiger partial charge in [0.05, 0.1) is 26.9 Å². The van der Waals surface area contributed by atoms with E-state index in [0.29, 0.717) is 0 Å². The molecule has 9 nitrogen and oxygen atoms in total. The van der Waals surface area contributed by atoms with Crippen molar-refractivity contribution in [2.24, 2.45) is 11.3 Å². The molecule has 0 fully saturated rings. The molecule has 0 atom stereocenters. The second-order valence-corrected chi connectivity index (χ2v) is 5.69. The molecule has 0 aliphatic heterocycles. The normalized spacial score (nSPS) is 15.6. The van der Waals surface area contributed by atoms with Crippen molar-refractivity contribution in [1.82, 2.24) is 0 Å². The van der Waals surface area contributed by atoms with E-state index >= 15 is 0 Å². The van der Waals surface area contributed by atoms with Crippen LogP contribution in [0.2, 0.25) is 0 Å². The van der Waals surface area contributed by atoms with Gasteiger partial charge in [0.2, 0.25) is 0 Å². The van der Waals surface area contributed by atoms with Crippen molar-refractivity contribution in [2.45, 2.75) is 13.8 Å². The predicted molar refractivity (Wildman–Crippen MR) is 90.1 cm³/mol. The number of aliphatic hydroxyl groups excluding tert-OH is 3. The summed E-state index contributed by atoms with van der Waals surface area (Å²) in [4.78, 5) is 34.3. The molecule has 0 rings (SSSR count). The lowest BCUT2D eigenvalue weighted by Crippen LogP contribution is -2.27. The monoisotopic (exact) mass is 372 g/mol. The highest BCUT2D eigenvalue weighted by molar-refractivity contribution is 5.90. The number of carboxylic acids is 2. The van der Waals surface area contributed by atoms with E-state index in [4.69, 9.17) is 10.2 Å². The minimum atomic E-state index is -1.68. The lowest BCUT2D eigenvalue weighted by molar-refractivity contribution is -0.137. The highest BCUT2D eigenvalue weighted by atomic mass is 16.5. The Labute approximate surface area is 150 Å². The molecule has 0 aromatic rings. The van der Waals surface area contributed by atoms with Crippen LogP contribution in [0.25, 0.3) is 0 Å². The van der Waals surface area contributed by atoms with E-state index in [1.165, 1.54) is 13.8 Å². The van der Waals surface area contributed by atoms with Gasteiger partial charge in [-0.15, -0.1) is 0 Å². The van der Waals surface area contributed by atoms with Crippen LogP contribution < -0.4 is 0 Å². The first-order valence-corrected chi connectivity index (χ1v) is 7.56. The van der Waals surface area contributed by atoms with Gasteiger partial charge in [0, 0.05) is 28.1 Å². The number of carbonyl (C=O) groups is 3. The standard InChI is InChI=1S/C17H24O9/c1-10(14(21)22)4-17(9-20,5-11(2)15(23)24)6-13(16(25)26-3)12(7-18)8-19/h4-6,12,18-20H,7-9H2,1-3H3,(H,21,22)(H,23,24). The Bertz CT molecular complexity index is 594. The van der Waals surface area contributed by atoms with E-state index in [-0.39, 0.29) is 16.7 Å². The second kappa shape index (κ2) is 10.5. The van der Waals surface area contributed by atoms with Gasteiger partial charge in [0.1, 0.15) is 0 Å². The zero-order chi connectivity index (χ0) is 20.5. The maximum atomic E-state index is 12.0. The van der Waals surface area contributed by atoms with Gasteiger partial charge < -0.3 is 30.3 Å². The lowest BCUT2D eigenvalue weighted by atomic mass is 9.81. The molecule has 5 N–H and O–H groups in total. The molecule has 0 aliphatic rings. The molecule has 0 aliphatic carbocycles. The number of hydrogen-bond donors (Lipinski definition) is 5. The minimum Gasteiger partial charge on any atom is -0.478 e. The van der Waals surface area contributed by atoms with Crippen LogP contribution in [0.1, 0.15) is 13.8 Å². The molecule has 0 bridgehead atoms. The van der Waals surface area contributed by atoms with Crippen LogP contribution >= 0.6 is 0 Å². The maximum Gasteiger partial charge on any atom is 0.333 e. The Morgan fingerprint density at radius 3 is 1.62 bits per heavy atom. The maximum absolute atomic E-state index is 12.0. The summed E-state index contributed by atoms with van der Waals surface area (Å²) in [6.07, 6.45) is 3.25. The first kappa shape index (κ1) is 23.5. The van der Waals surface area contributed by atoms with Crippen LogP contribution in [0.15, 0.2) is 34.9 Å². The summed E-state index contributed by atoms with van der Waals surface area (Å²) in [7, 11) is 1.07. The van der Waals surface area contributed by atoms with Crippen LogP contribution in [0, 0.1) is 11.3 Å². The van der Waals surface area contributed by atoms with Gasteiger partial charge >= 0.3 is 17.9 Å². The summed E-state index contributed by atoms with van der Waals surface area (Å²) in [6.45, 7) is 0.451. The zero-order valence-electron chi connectivity index (χ0n) is 14.8. The molecule has 26 heavy (non-hydrogen) atoms. The van der Waals surface area contributed by atoms with Gasteiger partial charge in [-0.1, -0.05) is 18.2 Å². The Morgan fingerprint density at radius 1 is 0.923 bits per heavy atom. The van der Waals surface area contributed by atoms with Gasteiger partial charge in [-0.3, -0.25) is 0 Å².